The Morgan fingerprint density at radius 1 is 1.14 bits per heavy atom. The summed E-state index contributed by atoms with van der Waals surface area (Å²) in [6, 6.07) is 13.7. The van der Waals surface area contributed by atoms with E-state index in [-0.39, 0.29) is 11.5 Å². The zero-order chi connectivity index (χ0) is 14.8. The van der Waals surface area contributed by atoms with Gasteiger partial charge in [-0.15, -0.1) is 0 Å². The van der Waals surface area contributed by atoms with E-state index in [1.807, 2.05) is 12.1 Å². The van der Waals surface area contributed by atoms with Gasteiger partial charge >= 0.3 is 0 Å². The molecule has 1 aliphatic heterocycles. The number of nitrogens with zero attached hydrogens (tertiary/aromatic N) is 1. The average molecular weight is 281 g/mol. The molecule has 3 heteroatoms. The van der Waals surface area contributed by atoms with E-state index in [0.29, 0.717) is 5.56 Å². The first-order valence-corrected chi connectivity index (χ1v) is 7.36. The number of carbonyl (C=O) groups excluding carboxylic acids is 1. The molecule has 3 rings (SSSR count). The van der Waals surface area contributed by atoms with Gasteiger partial charge in [0.2, 0.25) is 0 Å². The van der Waals surface area contributed by atoms with Crippen molar-refractivity contribution in [2.75, 3.05) is 11.4 Å². The van der Waals surface area contributed by atoms with Crippen molar-refractivity contribution < 1.29 is 9.90 Å². The van der Waals surface area contributed by atoms with Gasteiger partial charge in [0.25, 0.3) is 0 Å². The van der Waals surface area contributed by atoms with Gasteiger partial charge in [0, 0.05) is 24.0 Å². The van der Waals surface area contributed by atoms with Crippen LogP contribution >= 0.6 is 0 Å². The number of Topliss-reactive ketones (excluding diaryl/α,β-unsaturated/α-hetero) is 1. The molecule has 0 saturated carbocycles. The molecule has 0 radical (unpaired) electrons. The molecule has 0 aliphatic carbocycles. The van der Waals surface area contributed by atoms with E-state index in [1.54, 1.807) is 12.1 Å². The van der Waals surface area contributed by atoms with Crippen molar-refractivity contribution in [1.82, 2.24) is 0 Å². The molecular formula is C18H19NO2. The Bertz CT molecular complexity index is 679. The number of aromatic hydroxyl groups is 1. The number of phenols is 1. The molecule has 1 heterocycles. The number of ketones is 1. The molecule has 1 N–H and O–H groups in total. The number of benzene rings is 2. The van der Waals surface area contributed by atoms with Crippen molar-refractivity contribution in [1.29, 1.82) is 0 Å². The van der Waals surface area contributed by atoms with Gasteiger partial charge in [0.15, 0.2) is 5.78 Å². The molecule has 2 aromatic carbocycles. The average Bonchev–Trinajstić information content (AvgIpc) is 2.69. The first kappa shape index (κ1) is 13.7. The summed E-state index contributed by atoms with van der Waals surface area (Å²) in [7, 11) is 0. The first-order valence-electron chi connectivity index (χ1n) is 7.36. The minimum atomic E-state index is -0.115. The quantitative estimate of drug-likeness (QED) is 0.844. The lowest BCUT2D eigenvalue weighted by atomic mass is 10.1. The second-order valence-electron chi connectivity index (χ2n) is 5.50. The number of anilines is 2. The molecule has 0 aromatic heterocycles. The normalized spacial score (nSPS) is 14.4. The fraction of sp³-hybridized carbons (Fsp3) is 0.278. The van der Waals surface area contributed by atoms with Crippen LogP contribution in [0.3, 0.4) is 0 Å². The van der Waals surface area contributed by atoms with Crippen molar-refractivity contribution in [3.63, 3.8) is 0 Å². The lowest BCUT2D eigenvalue weighted by Crippen LogP contribution is -2.17. The standard InChI is InChI=1S/C18H19NO2/c1-13(20)16-10-9-15(12-18(16)21)19-11-5-4-7-14-6-2-3-8-17(14)19/h2-3,6,8-10,12,21H,4-5,7,11H2,1H3. The van der Waals surface area contributed by atoms with Crippen LogP contribution in [0.2, 0.25) is 0 Å². The smallest absolute Gasteiger partial charge is 0.163 e. The van der Waals surface area contributed by atoms with Crippen LogP contribution in [-0.2, 0) is 6.42 Å². The van der Waals surface area contributed by atoms with Crippen molar-refractivity contribution in [3.05, 3.63) is 53.6 Å². The fourth-order valence-corrected chi connectivity index (χ4v) is 2.95. The molecule has 3 nitrogen and oxygen atoms in total. The second kappa shape index (κ2) is 5.60. The summed E-state index contributed by atoms with van der Waals surface area (Å²) in [5.41, 5.74) is 3.85. The number of rotatable bonds is 2. The van der Waals surface area contributed by atoms with Crippen LogP contribution in [-0.4, -0.2) is 17.4 Å². The van der Waals surface area contributed by atoms with E-state index in [9.17, 15) is 9.90 Å². The first-order chi connectivity index (χ1) is 10.2. The highest BCUT2D eigenvalue weighted by molar-refractivity contribution is 5.97. The SMILES string of the molecule is CC(=O)c1ccc(N2CCCCc3ccccc32)cc1O. The highest BCUT2D eigenvalue weighted by Crippen LogP contribution is 2.34. The van der Waals surface area contributed by atoms with Gasteiger partial charge in [-0.3, -0.25) is 4.79 Å². The molecule has 0 fully saturated rings. The lowest BCUT2D eigenvalue weighted by molar-refractivity contribution is 0.101. The molecule has 2 aromatic rings. The second-order valence-corrected chi connectivity index (χ2v) is 5.50. The molecule has 1 aliphatic rings. The topological polar surface area (TPSA) is 40.5 Å². The summed E-state index contributed by atoms with van der Waals surface area (Å²) < 4.78 is 0. The zero-order valence-corrected chi connectivity index (χ0v) is 12.2. The van der Waals surface area contributed by atoms with Crippen molar-refractivity contribution in [2.24, 2.45) is 0 Å². The predicted octanol–water partition coefficient (Wildman–Crippen LogP) is 4.07. The summed E-state index contributed by atoms with van der Waals surface area (Å²) >= 11 is 0. The van der Waals surface area contributed by atoms with E-state index in [0.717, 1.165) is 25.1 Å². The Morgan fingerprint density at radius 2 is 1.95 bits per heavy atom. The molecule has 0 amide bonds. The van der Waals surface area contributed by atoms with Crippen molar-refractivity contribution in [3.8, 4) is 5.75 Å². The Labute approximate surface area is 124 Å². The van der Waals surface area contributed by atoms with E-state index < -0.39 is 0 Å². The molecule has 0 unspecified atom stereocenters. The molecule has 0 spiro atoms. The summed E-state index contributed by atoms with van der Waals surface area (Å²) in [6.45, 7) is 2.39. The molecule has 0 bridgehead atoms. The summed E-state index contributed by atoms with van der Waals surface area (Å²) in [4.78, 5) is 13.7. The van der Waals surface area contributed by atoms with Gasteiger partial charge in [-0.25, -0.2) is 0 Å². The number of phenolic OH excluding ortho intramolecular Hbond substituents is 1. The maximum atomic E-state index is 11.4. The van der Waals surface area contributed by atoms with E-state index in [1.165, 1.54) is 24.6 Å². The van der Waals surface area contributed by atoms with Crippen molar-refractivity contribution >= 4 is 17.2 Å². The van der Waals surface area contributed by atoms with E-state index >= 15 is 0 Å². The number of aryl methyl sites for hydroxylation is 1. The van der Waals surface area contributed by atoms with Gasteiger partial charge < -0.3 is 10.0 Å². The number of carbonyl (C=O) groups is 1. The third-order valence-electron chi connectivity index (χ3n) is 4.03. The molecular weight excluding hydrogens is 262 g/mol. The van der Waals surface area contributed by atoms with Crippen LogP contribution in [0.4, 0.5) is 11.4 Å². The minimum absolute atomic E-state index is 0.0572. The number of hydrogen-bond acceptors (Lipinski definition) is 3. The third kappa shape index (κ3) is 2.64. The number of para-hydroxylation sites is 1. The molecule has 21 heavy (non-hydrogen) atoms. The summed E-state index contributed by atoms with van der Waals surface area (Å²) in [5, 5.41) is 10.1. The van der Waals surface area contributed by atoms with Crippen LogP contribution < -0.4 is 4.90 Å². The maximum absolute atomic E-state index is 11.4. The fourth-order valence-electron chi connectivity index (χ4n) is 2.95. The zero-order valence-electron chi connectivity index (χ0n) is 12.2. The van der Waals surface area contributed by atoms with Crippen LogP contribution in [0.25, 0.3) is 0 Å². The Balaban J connectivity index is 2.04. The lowest BCUT2D eigenvalue weighted by Gasteiger charge is -2.25. The monoisotopic (exact) mass is 281 g/mol. The largest absolute Gasteiger partial charge is 0.507 e. The Kier molecular flexibility index (Phi) is 3.65. The maximum Gasteiger partial charge on any atom is 0.163 e. The van der Waals surface area contributed by atoms with Gasteiger partial charge in [0.05, 0.1) is 5.56 Å². The third-order valence-corrected chi connectivity index (χ3v) is 4.03. The highest BCUT2D eigenvalue weighted by atomic mass is 16.3. The number of fused-ring (bicyclic) bond motifs is 1. The molecule has 0 atom stereocenters. The van der Waals surface area contributed by atoms with Crippen LogP contribution in [0.15, 0.2) is 42.5 Å². The number of hydrogen-bond donors (Lipinski definition) is 1. The van der Waals surface area contributed by atoms with Gasteiger partial charge in [-0.1, -0.05) is 18.2 Å². The van der Waals surface area contributed by atoms with Gasteiger partial charge in [-0.2, -0.15) is 0 Å². The van der Waals surface area contributed by atoms with Crippen molar-refractivity contribution in [2.45, 2.75) is 26.2 Å². The highest BCUT2D eigenvalue weighted by Gasteiger charge is 2.17. The van der Waals surface area contributed by atoms with E-state index in [2.05, 4.69) is 23.1 Å². The van der Waals surface area contributed by atoms with Gasteiger partial charge in [0.1, 0.15) is 5.75 Å². The minimum Gasteiger partial charge on any atom is -0.507 e. The van der Waals surface area contributed by atoms with Gasteiger partial charge in [-0.05, 0) is 49.9 Å². The van der Waals surface area contributed by atoms with E-state index in [4.69, 9.17) is 0 Å². The van der Waals surface area contributed by atoms with Crippen LogP contribution in [0, 0.1) is 0 Å². The Hall–Kier alpha value is -2.29. The summed E-state index contributed by atoms with van der Waals surface area (Å²) in [6.07, 6.45) is 3.37. The molecule has 0 saturated heterocycles. The summed E-state index contributed by atoms with van der Waals surface area (Å²) in [5.74, 6) is -0.0583. The molecule has 108 valence electrons. The van der Waals surface area contributed by atoms with Crippen LogP contribution in [0.1, 0.15) is 35.7 Å². The Morgan fingerprint density at radius 3 is 2.71 bits per heavy atom. The van der Waals surface area contributed by atoms with Crippen LogP contribution in [0.5, 0.6) is 5.75 Å². The predicted molar refractivity (Wildman–Crippen MR) is 84.5 cm³/mol.